The zero-order chi connectivity index (χ0) is 17.7. The lowest BCUT2D eigenvalue weighted by molar-refractivity contribution is -0.120. The number of methoxy groups -OCH3 is 1. The Morgan fingerprint density at radius 1 is 1.21 bits per heavy atom. The third-order valence-corrected chi connectivity index (χ3v) is 4.98. The van der Waals surface area contributed by atoms with Crippen LogP contribution in [0.2, 0.25) is 0 Å². The van der Waals surface area contributed by atoms with Crippen LogP contribution in [0.4, 0.5) is 0 Å². The highest BCUT2D eigenvalue weighted by molar-refractivity contribution is 6.00. The number of hydrogen-bond acceptors (Lipinski definition) is 3. The Bertz CT molecular complexity index is 649. The molecule has 1 aromatic rings. The maximum Gasteiger partial charge on any atom is 0.164 e. The van der Waals surface area contributed by atoms with E-state index in [0.29, 0.717) is 5.56 Å². The molecule has 0 saturated heterocycles. The van der Waals surface area contributed by atoms with Gasteiger partial charge in [-0.3, -0.25) is 9.59 Å². The van der Waals surface area contributed by atoms with Gasteiger partial charge in [0.1, 0.15) is 11.5 Å². The number of ether oxygens (including phenoxy) is 1. The normalized spacial score (nSPS) is 14.2. The molecule has 0 amide bonds. The minimum atomic E-state index is -0.192. The average Bonchev–Trinajstić information content (AvgIpc) is 3.41. The molecule has 0 aliphatic heterocycles. The number of allylic oxidation sites excluding steroid dienone is 2. The summed E-state index contributed by atoms with van der Waals surface area (Å²) in [7, 11) is 1.62. The van der Waals surface area contributed by atoms with Gasteiger partial charge in [0.25, 0.3) is 0 Å². The van der Waals surface area contributed by atoms with Crippen molar-refractivity contribution in [2.75, 3.05) is 7.11 Å². The van der Waals surface area contributed by atoms with Gasteiger partial charge >= 0.3 is 0 Å². The maximum atomic E-state index is 12.8. The Labute approximate surface area is 145 Å². The molecule has 3 heteroatoms. The minimum Gasteiger partial charge on any atom is -0.496 e. The van der Waals surface area contributed by atoms with Crippen molar-refractivity contribution in [3.8, 4) is 5.75 Å². The van der Waals surface area contributed by atoms with Crippen molar-refractivity contribution in [2.24, 2.45) is 5.92 Å². The number of rotatable bonds is 9. The Kier molecular flexibility index (Phi) is 6.36. The Morgan fingerprint density at radius 2 is 1.92 bits per heavy atom. The van der Waals surface area contributed by atoms with Crippen LogP contribution >= 0.6 is 0 Å². The number of hydrogen-bond donors (Lipinski definition) is 0. The summed E-state index contributed by atoms with van der Waals surface area (Å²) in [6.07, 6.45) is 5.13. The van der Waals surface area contributed by atoms with Gasteiger partial charge < -0.3 is 4.74 Å². The maximum absolute atomic E-state index is 12.8. The van der Waals surface area contributed by atoms with Crippen molar-refractivity contribution in [1.82, 2.24) is 0 Å². The summed E-state index contributed by atoms with van der Waals surface area (Å²) in [6.45, 7) is 5.77. The summed E-state index contributed by atoms with van der Waals surface area (Å²) in [5.41, 5.74) is 4.57. The molecule has 1 aromatic carbocycles. The van der Waals surface area contributed by atoms with Crippen molar-refractivity contribution < 1.29 is 14.3 Å². The van der Waals surface area contributed by atoms with E-state index in [1.165, 1.54) is 24.0 Å². The number of carbonyl (C=O) groups excluding carboxylic acids is 2. The standard InChI is InChI=1S/C21H28O3/c1-5-18-19(7-6-8-21(18)24-4)20(23)13-17(15(3)22)10-9-14(2)16-11-12-16/h6-8,17H,5,9-13H2,1-4H3. The molecule has 130 valence electrons. The van der Waals surface area contributed by atoms with Crippen LogP contribution in [0.15, 0.2) is 29.3 Å². The van der Waals surface area contributed by atoms with Crippen LogP contribution in [0.1, 0.15) is 68.8 Å². The van der Waals surface area contributed by atoms with Gasteiger partial charge in [-0.25, -0.2) is 0 Å². The fourth-order valence-electron chi connectivity index (χ4n) is 3.22. The fourth-order valence-corrected chi connectivity index (χ4v) is 3.22. The van der Waals surface area contributed by atoms with Gasteiger partial charge in [0.05, 0.1) is 7.11 Å². The van der Waals surface area contributed by atoms with E-state index < -0.39 is 0 Å². The molecule has 1 aliphatic rings. The van der Waals surface area contributed by atoms with Gasteiger partial charge in [0.15, 0.2) is 5.78 Å². The zero-order valence-corrected chi connectivity index (χ0v) is 15.3. The van der Waals surface area contributed by atoms with Crippen molar-refractivity contribution in [3.05, 3.63) is 40.5 Å². The van der Waals surface area contributed by atoms with Crippen LogP contribution in [0.3, 0.4) is 0 Å². The second-order valence-corrected chi connectivity index (χ2v) is 6.70. The molecule has 1 atom stereocenters. The van der Waals surface area contributed by atoms with Gasteiger partial charge in [-0.1, -0.05) is 30.2 Å². The van der Waals surface area contributed by atoms with E-state index in [0.717, 1.165) is 30.6 Å². The molecule has 2 rings (SSSR count). The van der Waals surface area contributed by atoms with Crippen molar-refractivity contribution in [3.63, 3.8) is 0 Å². The molecule has 1 aliphatic carbocycles. The van der Waals surface area contributed by atoms with Gasteiger partial charge in [0.2, 0.25) is 0 Å². The molecule has 0 heterocycles. The molecule has 0 radical (unpaired) electrons. The zero-order valence-electron chi connectivity index (χ0n) is 15.3. The Hall–Kier alpha value is -1.90. The summed E-state index contributed by atoms with van der Waals surface area (Å²) in [6, 6.07) is 5.57. The molecule has 3 nitrogen and oxygen atoms in total. The summed E-state index contributed by atoms with van der Waals surface area (Å²) in [4.78, 5) is 24.8. The van der Waals surface area contributed by atoms with Gasteiger partial charge in [0, 0.05) is 23.5 Å². The van der Waals surface area contributed by atoms with Crippen LogP contribution in [-0.2, 0) is 11.2 Å². The van der Waals surface area contributed by atoms with E-state index in [9.17, 15) is 9.59 Å². The third-order valence-electron chi connectivity index (χ3n) is 4.98. The smallest absolute Gasteiger partial charge is 0.164 e. The molecule has 1 saturated carbocycles. The van der Waals surface area contributed by atoms with Crippen LogP contribution < -0.4 is 4.74 Å². The summed E-state index contributed by atoms with van der Waals surface area (Å²) in [5, 5.41) is 0. The first-order chi connectivity index (χ1) is 11.5. The summed E-state index contributed by atoms with van der Waals surface area (Å²) < 4.78 is 5.37. The fraction of sp³-hybridized carbons (Fsp3) is 0.524. The number of Topliss-reactive ketones (excluding diaryl/α,β-unsaturated/α-hetero) is 2. The predicted molar refractivity (Wildman–Crippen MR) is 96.7 cm³/mol. The highest BCUT2D eigenvalue weighted by Gasteiger charge is 2.23. The van der Waals surface area contributed by atoms with E-state index in [-0.39, 0.29) is 23.9 Å². The van der Waals surface area contributed by atoms with Crippen molar-refractivity contribution in [1.29, 1.82) is 0 Å². The van der Waals surface area contributed by atoms with E-state index in [2.05, 4.69) is 6.92 Å². The van der Waals surface area contributed by atoms with Crippen molar-refractivity contribution >= 4 is 11.6 Å². The average molecular weight is 328 g/mol. The quantitative estimate of drug-likeness (QED) is 0.477. The van der Waals surface area contributed by atoms with Gasteiger partial charge in [-0.15, -0.1) is 0 Å². The first kappa shape index (κ1) is 18.4. The van der Waals surface area contributed by atoms with Crippen LogP contribution in [0.25, 0.3) is 0 Å². The number of ketones is 2. The van der Waals surface area contributed by atoms with Gasteiger partial charge in [-0.2, -0.15) is 0 Å². The van der Waals surface area contributed by atoms with E-state index >= 15 is 0 Å². The van der Waals surface area contributed by atoms with E-state index in [1.54, 1.807) is 14.0 Å². The summed E-state index contributed by atoms with van der Waals surface area (Å²) >= 11 is 0. The van der Waals surface area contributed by atoms with Crippen molar-refractivity contribution in [2.45, 2.75) is 59.3 Å². The molecular weight excluding hydrogens is 300 g/mol. The second kappa shape index (κ2) is 8.27. The lowest BCUT2D eigenvalue weighted by atomic mass is 9.88. The lowest BCUT2D eigenvalue weighted by Crippen LogP contribution is -2.17. The molecule has 0 spiro atoms. The minimum absolute atomic E-state index is 0.0441. The molecular formula is C21H28O3. The lowest BCUT2D eigenvalue weighted by Gasteiger charge is -2.16. The molecule has 0 bridgehead atoms. The van der Waals surface area contributed by atoms with E-state index in [4.69, 9.17) is 4.74 Å². The molecule has 1 fully saturated rings. The van der Waals surface area contributed by atoms with Crippen LogP contribution in [0, 0.1) is 5.92 Å². The topological polar surface area (TPSA) is 43.4 Å². The predicted octanol–water partition coefficient (Wildman–Crippen LogP) is 4.93. The highest BCUT2D eigenvalue weighted by atomic mass is 16.5. The van der Waals surface area contributed by atoms with Gasteiger partial charge in [-0.05, 0) is 52.0 Å². The Balaban J connectivity index is 2.10. The number of benzene rings is 1. The molecule has 1 unspecified atom stereocenters. The monoisotopic (exact) mass is 328 g/mol. The SMILES string of the molecule is CCc1c(OC)cccc1C(=O)CC(CCC(C)=C1CC1)C(C)=O. The summed E-state index contributed by atoms with van der Waals surface area (Å²) in [5.74, 6) is 0.709. The van der Waals surface area contributed by atoms with E-state index in [1.807, 2.05) is 25.1 Å². The first-order valence-electron chi connectivity index (χ1n) is 8.84. The highest BCUT2D eigenvalue weighted by Crippen LogP contribution is 2.34. The largest absolute Gasteiger partial charge is 0.496 e. The van der Waals surface area contributed by atoms with Crippen LogP contribution in [0.5, 0.6) is 5.75 Å². The number of carbonyl (C=O) groups is 2. The molecule has 0 N–H and O–H groups in total. The second-order valence-electron chi connectivity index (χ2n) is 6.70. The third kappa shape index (κ3) is 4.56. The molecule has 24 heavy (non-hydrogen) atoms. The van der Waals surface area contributed by atoms with Crippen LogP contribution in [-0.4, -0.2) is 18.7 Å². The first-order valence-corrected chi connectivity index (χ1v) is 8.84. The molecule has 0 aromatic heterocycles. The Morgan fingerprint density at radius 3 is 2.46 bits per heavy atom.